The third-order valence-corrected chi connectivity index (χ3v) is 3.09. The van der Waals surface area contributed by atoms with Crippen molar-refractivity contribution in [2.75, 3.05) is 45.2 Å². The molecule has 1 aliphatic rings. The molecule has 1 fully saturated rings. The lowest BCUT2D eigenvalue weighted by atomic mass is 10.2. The van der Waals surface area contributed by atoms with Gasteiger partial charge in [-0.2, -0.15) is 0 Å². The maximum Gasteiger partial charge on any atom is 0.119 e. The number of nitrogens with two attached hydrogens (primary N) is 1. The predicted octanol–water partition coefficient (Wildman–Crippen LogP) is 1.62. The SMILES string of the molecule is CC(COc1ccc(N)cc1)CN1CCOCC1. The summed E-state index contributed by atoms with van der Waals surface area (Å²) in [6.45, 7) is 7.79. The Balaban J connectivity index is 1.70. The number of hydrogen-bond donors (Lipinski definition) is 1. The van der Waals surface area contributed by atoms with Crippen LogP contribution in [0.5, 0.6) is 5.75 Å². The average molecular weight is 250 g/mol. The number of nitrogen functional groups attached to an aromatic ring is 1. The highest BCUT2D eigenvalue weighted by atomic mass is 16.5. The Kier molecular flexibility index (Phi) is 4.84. The van der Waals surface area contributed by atoms with Crippen molar-refractivity contribution in [2.45, 2.75) is 6.92 Å². The van der Waals surface area contributed by atoms with Gasteiger partial charge < -0.3 is 15.2 Å². The van der Waals surface area contributed by atoms with Gasteiger partial charge in [0, 0.05) is 31.2 Å². The molecule has 0 aliphatic carbocycles. The van der Waals surface area contributed by atoms with E-state index >= 15 is 0 Å². The van der Waals surface area contributed by atoms with Gasteiger partial charge in [-0.05, 0) is 24.3 Å². The molecule has 1 aliphatic heterocycles. The lowest BCUT2D eigenvalue weighted by Crippen LogP contribution is -2.39. The summed E-state index contributed by atoms with van der Waals surface area (Å²) >= 11 is 0. The van der Waals surface area contributed by atoms with Crippen LogP contribution >= 0.6 is 0 Å². The Morgan fingerprint density at radius 3 is 2.61 bits per heavy atom. The van der Waals surface area contributed by atoms with Crippen LogP contribution in [0.3, 0.4) is 0 Å². The highest BCUT2D eigenvalue weighted by Crippen LogP contribution is 2.14. The molecule has 18 heavy (non-hydrogen) atoms. The summed E-state index contributed by atoms with van der Waals surface area (Å²) in [5, 5.41) is 0. The number of anilines is 1. The second kappa shape index (κ2) is 6.61. The third-order valence-electron chi connectivity index (χ3n) is 3.09. The van der Waals surface area contributed by atoms with Crippen LogP contribution in [0.2, 0.25) is 0 Å². The molecule has 0 saturated carbocycles. The van der Waals surface area contributed by atoms with Crippen LogP contribution < -0.4 is 10.5 Å². The molecule has 1 atom stereocenters. The average Bonchev–Trinajstić information content (AvgIpc) is 2.39. The summed E-state index contributed by atoms with van der Waals surface area (Å²) in [5.41, 5.74) is 6.40. The van der Waals surface area contributed by atoms with Crippen LogP contribution in [0.25, 0.3) is 0 Å². The Bertz CT molecular complexity index is 347. The Labute approximate surface area is 109 Å². The summed E-state index contributed by atoms with van der Waals surface area (Å²) in [6.07, 6.45) is 0. The zero-order valence-corrected chi connectivity index (χ0v) is 11.0. The van der Waals surface area contributed by atoms with Crippen molar-refractivity contribution in [1.82, 2.24) is 4.90 Å². The van der Waals surface area contributed by atoms with Crippen LogP contribution in [0, 0.1) is 5.92 Å². The first kappa shape index (κ1) is 13.2. The van der Waals surface area contributed by atoms with Gasteiger partial charge in [0.15, 0.2) is 0 Å². The van der Waals surface area contributed by atoms with Gasteiger partial charge in [0.25, 0.3) is 0 Å². The molecule has 100 valence electrons. The van der Waals surface area contributed by atoms with Crippen molar-refractivity contribution >= 4 is 5.69 Å². The largest absolute Gasteiger partial charge is 0.493 e. The Morgan fingerprint density at radius 2 is 1.94 bits per heavy atom. The van der Waals surface area contributed by atoms with E-state index < -0.39 is 0 Å². The summed E-state index contributed by atoms with van der Waals surface area (Å²) in [4.78, 5) is 2.43. The molecule has 2 N–H and O–H groups in total. The Morgan fingerprint density at radius 1 is 1.28 bits per heavy atom. The highest BCUT2D eigenvalue weighted by molar-refractivity contribution is 5.41. The fourth-order valence-electron chi connectivity index (χ4n) is 2.08. The minimum atomic E-state index is 0.514. The zero-order chi connectivity index (χ0) is 12.8. The van der Waals surface area contributed by atoms with E-state index in [1.807, 2.05) is 24.3 Å². The molecule has 1 unspecified atom stereocenters. The van der Waals surface area contributed by atoms with Crippen molar-refractivity contribution < 1.29 is 9.47 Å². The van der Waals surface area contributed by atoms with Gasteiger partial charge >= 0.3 is 0 Å². The van der Waals surface area contributed by atoms with E-state index in [0.717, 1.165) is 50.9 Å². The van der Waals surface area contributed by atoms with Gasteiger partial charge in [0.2, 0.25) is 0 Å². The van der Waals surface area contributed by atoms with Gasteiger partial charge in [0.05, 0.1) is 19.8 Å². The molecule has 1 heterocycles. The van der Waals surface area contributed by atoms with E-state index in [2.05, 4.69) is 11.8 Å². The van der Waals surface area contributed by atoms with Crippen molar-refractivity contribution in [2.24, 2.45) is 5.92 Å². The van der Waals surface area contributed by atoms with Crippen LogP contribution in [0.15, 0.2) is 24.3 Å². The normalized spacial score (nSPS) is 18.5. The fourth-order valence-corrected chi connectivity index (χ4v) is 2.08. The number of ether oxygens (including phenoxy) is 2. The van der Waals surface area contributed by atoms with E-state index in [0.29, 0.717) is 5.92 Å². The molecule has 0 bridgehead atoms. The monoisotopic (exact) mass is 250 g/mol. The standard InChI is InChI=1S/C14H22N2O2/c1-12(10-16-6-8-17-9-7-16)11-18-14-4-2-13(15)3-5-14/h2-5,12H,6-11,15H2,1H3. The van der Waals surface area contributed by atoms with E-state index in [-0.39, 0.29) is 0 Å². The van der Waals surface area contributed by atoms with E-state index in [4.69, 9.17) is 15.2 Å². The second-order valence-electron chi connectivity index (χ2n) is 4.90. The van der Waals surface area contributed by atoms with Gasteiger partial charge in [-0.3, -0.25) is 4.90 Å². The second-order valence-corrected chi connectivity index (χ2v) is 4.90. The lowest BCUT2D eigenvalue weighted by molar-refractivity contribution is 0.0283. The summed E-state index contributed by atoms with van der Waals surface area (Å²) in [6, 6.07) is 7.55. The Hall–Kier alpha value is -1.26. The molecule has 4 heteroatoms. The van der Waals surface area contributed by atoms with Crippen LogP contribution in [0.4, 0.5) is 5.69 Å². The minimum Gasteiger partial charge on any atom is -0.493 e. The molecule has 0 spiro atoms. The molecule has 2 rings (SSSR count). The summed E-state index contributed by atoms with van der Waals surface area (Å²) < 4.78 is 11.1. The number of rotatable bonds is 5. The van der Waals surface area contributed by atoms with Crippen molar-refractivity contribution in [3.05, 3.63) is 24.3 Å². The number of morpholine rings is 1. The topological polar surface area (TPSA) is 47.7 Å². The maximum atomic E-state index is 5.75. The smallest absolute Gasteiger partial charge is 0.119 e. The number of nitrogens with zero attached hydrogens (tertiary/aromatic N) is 1. The van der Waals surface area contributed by atoms with Gasteiger partial charge in [-0.1, -0.05) is 6.92 Å². The lowest BCUT2D eigenvalue weighted by Gasteiger charge is -2.29. The third kappa shape index (κ3) is 4.20. The highest BCUT2D eigenvalue weighted by Gasteiger charge is 2.13. The zero-order valence-electron chi connectivity index (χ0n) is 11.0. The van der Waals surface area contributed by atoms with Crippen molar-refractivity contribution in [3.63, 3.8) is 0 Å². The summed E-state index contributed by atoms with van der Waals surface area (Å²) in [7, 11) is 0. The van der Waals surface area contributed by atoms with Crippen LogP contribution in [0.1, 0.15) is 6.92 Å². The molecule has 1 aromatic carbocycles. The van der Waals surface area contributed by atoms with Crippen LogP contribution in [-0.4, -0.2) is 44.4 Å². The van der Waals surface area contributed by atoms with E-state index in [1.165, 1.54) is 0 Å². The first-order chi connectivity index (χ1) is 8.74. The fraction of sp³-hybridized carbons (Fsp3) is 0.571. The first-order valence-electron chi connectivity index (χ1n) is 6.52. The van der Waals surface area contributed by atoms with E-state index in [1.54, 1.807) is 0 Å². The molecule has 0 amide bonds. The summed E-state index contributed by atoms with van der Waals surface area (Å²) in [5.74, 6) is 1.40. The van der Waals surface area contributed by atoms with E-state index in [9.17, 15) is 0 Å². The molecule has 0 aromatic heterocycles. The van der Waals surface area contributed by atoms with Crippen molar-refractivity contribution in [1.29, 1.82) is 0 Å². The minimum absolute atomic E-state index is 0.514. The van der Waals surface area contributed by atoms with Gasteiger partial charge in [-0.15, -0.1) is 0 Å². The maximum absolute atomic E-state index is 5.75. The quantitative estimate of drug-likeness (QED) is 0.807. The molecule has 1 aromatic rings. The van der Waals surface area contributed by atoms with Gasteiger partial charge in [0.1, 0.15) is 5.75 Å². The van der Waals surface area contributed by atoms with Gasteiger partial charge in [-0.25, -0.2) is 0 Å². The predicted molar refractivity (Wildman–Crippen MR) is 72.8 cm³/mol. The molecule has 0 radical (unpaired) electrons. The van der Waals surface area contributed by atoms with Crippen molar-refractivity contribution in [3.8, 4) is 5.75 Å². The molecule has 1 saturated heterocycles. The first-order valence-corrected chi connectivity index (χ1v) is 6.52. The number of benzene rings is 1. The molecule has 4 nitrogen and oxygen atoms in total. The molecular formula is C14H22N2O2. The molecular weight excluding hydrogens is 228 g/mol. The van der Waals surface area contributed by atoms with Crippen LogP contribution in [-0.2, 0) is 4.74 Å². The number of hydrogen-bond acceptors (Lipinski definition) is 4.